The van der Waals surface area contributed by atoms with Crippen molar-refractivity contribution < 1.29 is 4.21 Å². The fourth-order valence-corrected chi connectivity index (χ4v) is 4.17. The van der Waals surface area contributed by atoms with Crippen molar-refractivity contribution in [3.63, 3.8) is 0 Å². The Balaban J connectivity index is 1.63. The minimum absolute atomic E-state index is 0.335. The van der Waals surface area contributed by atoms with Crippen molar-refractivity contribution in [3.8, 4) is 0 Å². The molecule has 2 fully saturated rings. The molecule has 0 saturated heterocycles. The molecule has 0 amide bonds. The van der Waals surface area contributed by atoms with Gasteiger partial charge < -0.3 is 5.32 Å². The Hall–Kier alpha value is 0.110. The average molecular weight is 271 g/mol. The van der Waals surface area contributed by atoms with Gasteiger partial charge in [0, 0.05) is 28.3 Å². The highest BCUT2D eigenvalue weighted by Crippen LogP contribution is 2.48. The molecule has 2 rings (SSSR count). The molecule has 0 bridgehead atoms. The first-order valence-electron chi connectivity index (χ1n) is 7.67. The molecule has 0 aliphatic heterocycles. The molecule has 2 aliphatic rings. The highest BCUT2D eigenvalue weighted by atomic mass is 32.2. The van der Waals surface area contributed by atoms with Gasteiger partial charge in [0.1, 0.15) is 0 Å². The Bertz CT molecular complexity index is 276. The first-order chi connectivity index (χ1) is 8.61. The summed E-state index contributed by atoms with van der Waals surface area (Å²) in [5.41, 5.74) is 0.746. The highest BCUT2D eigenvalue weighted by Gasteiger charge is 2.37. The van der Waals surface area contributed by atoms with E-state index in [1.807, 2.05) is 6.26 Å². The second-order valence-corrected chi connectivity index (χ2v) is 8.34. The van der Waals surface area contributed by atoms with E-state index < -0.39 is 10.8 Å². The van der Waals surface area contributed by atoms with Gasteiger partial charge in [0.25, 0.3) is 0 Å². The van der Waals surface area contributed by atoms with Crippen molar-refractivity contribution in [2.24, 2.45) is 5.41 Å². The Morgan fingerprint density at radius 2 is 1.83 bits per heavy atom. The summed E-state index contributed by atoms with van der Waals surface area (Å²) < 4.78 is 11.3. The highest BCUT2D eigenvalue weighted by molar-refractivity contribution is 7.84. The van der Waals surface area contributed by atoms with Crippen LogP contribution in [-0.2, 0) is 10.8 Å². The van der Waals surface area contributed by atoms with Gasteiger partial charge in [-0.1, -0.05) is 19.8 Å². The van der Waals surface area contributed by atoms with E-state index in [1.54, 1.807) is 0 Å². The SMILES string of the molecule is CC(CCNC1CCC2(CCCC2)CC1)S(C)=O. The standard InChI is InChI=1S/C15H29NOS/c1-13(18(2)17)7-12-16-14-5-10-15(11-6-14)8-3-4-9-15/h13-14,16H,3-12H2,1-2H3. The van der Waals surface area contributed by atoms with E-state index in [-0.39, 0.29) is 0 Å². The first kappa shape index (κ1) is 14.5. The summed E-state index contributed by atoms with van der Waals surface area (Å²) in [6.07, 6.45) is 14.4. The molecule has 0 aromatic rings. The lowest BCUT2D eigenvalue weighted by molar-refractivity contribution is 0.168. The van der Waals surface area contributed by atoms with Crippen molar-refractivity contribution >= 4 is 10.8 Å². The quantitative estimate of drug-likeness (QED) is 0.832. The van der Waals surface area contributed by atoms with Crippen LogP contribution in [0.5, 0.6) is 0 Å². The molecular formula is C15H29NOS. The molecule has 1 spiro atoms. The van der Waals surface area contributed by atoms with Crippen molar-refractivity contribution in [2.45, 2.75) is 76.0 Å². The van der Waals surface area contributed by atoms with Crippen LogP contribution >= 0.6 is 0 Å². The van der Waals surface area contributed by atoms with Crippen LogP contribution in [0.15, 0.2) is 0 Å². The van der Waals surface area contributed by atoms with Gasteiger partial charge in [-0.15, -0.1) is 0 Å². The summed E-state index contributed by atoms with van der Waals surface area (Å²) in [5, 5.41) is 4.01. The van der Waals surface area contributed by atoms with Crippen LogP contribution in [0.1, 0.15) is 64.7 Å². The van der Waals surface area contributed by atoms with E-state index in [9.17, 15) is 4.21 Å². The maximum absolute atomic E-state index is 11.3. The summed E-state index contributed by atoms with van der Waals surface area (Å²) >= 11 is 0. The van der Waals surface area contributed by atoms with Gasteiger partial charge in [0.05, 0.1) is 0 Å². The van der Waals surface area contributed by atoms with Crippen LogP contribution in [0.4, 0.5) is 0 Å². The molecule has 2 unspecified atom stereocenters. The second-order valence-electron chi connectivity index (χ2n) is 6.53. The van der Waals surface area contributed by atoms with Gasteiger partial charge in [-0.2, -0.15) is 0 Å². The fourth-order valence-electron chi connectivity index (χ4n) is 3.72. The zero-order valence-electron chi connectivity index (χ0n) is 12.0. The van der Waals surface area contributed by atoms with Crippen LogP contribution in [0.2, 0.25) is 0 Å². The zero-order valence-corrected chi connectivity index (χ0v) is 12.9. The van der Waals surface area contributed by atoms with Gasteiger partial charge in [-0.05, 0) is 56.9 Å². The van der Waals surface area contributed by atoms with Gasteiger partial charge in [0.15, 0.2) is 0 Å². The van der Waals surface area contributed by atoms with E-state index in [4.69, 9.17) is 0 Å². The molecule has 0 aromatic carbocycles. The Labute approximate surface area is 115 Å². The Morgan fingerprint density at radius 1 is 1.22 bits per heavy atom. The molecule has 2 nitrogen and oxygen atoms in total. The predicted molar refractivity (Wildman–Crippen MR) is 79.3 cm³/mol. The lowest BCUT2D eigenvalue weighted by atomic mass is 9.71. The molecule has 2 atom stereocenters. The third-order valence-electron chi connectivity index (χ3n) is 5.26. The van der Waals surface area contributed by atoms with Gasteiger partial charge >= 0.3 is 0 Å². The minimum Gasteiger partial charge on any atom is -0.314 e. The molecule has 1 N–H and O–H groups in total. The van der Waals surface area contributed by atoms with Crippen LogP contribution in [0.3, 0.4) is 0 Å². The van der Waals surface area contributed by atoms with E-state index in [2.05, 4.69) is 12.2 Å². The molecule has 106 valence electrons. The first-order valence-corrected chi connectivity index (χ1v) is 9.29. The Kier molecular flexibility index (Phi) is 5.25. The second kappa shape index (κ2) is 6.51. The normalized spacial score (nSPS) is 27.4. The molecule has 3 heteroatoms. The van der Waals surface area contributed by atoms with E-state index >= 15 is 0 Å². The van der Waals surface area contributed by atoms with Crippen molar-refractivity contribution in [2.75, 3.05) is 12.8 Å². The lowest BCUT2D eigenvalue weighted by Crippen LogP contribution is -2.37. The van der Waals surface area contributed by atoms with E-state index in [0.29, 0.717) is 5.25 Å². The van der Waals surface area contributed by atoms with Gasteiger partial charge in [0.2, 0.25) is 0 Å². The number of hydrogen-bond donors (Lipinski definition) is 1. The number of hydrogen-bond acceptors (Lipinski definition) is 2. The summed E-state index contributed by atoms with van der Waals surface area (Å²) in [7, 11) is -0.664. The van der Waals surface area contributed by atoms with Crippen LogP contribution in [0.25, 0.3) is 0 Å². The molecular weight excluding hydrogens is 242 g/mol. The largest absolute Gasteiger partial charge is 0.314 e. The van der Waals surface area contributed by atoms with Crippen molar-refractivity contribution in [1.29, 1.82) is 0 Å². The third kappa shape index (κ3) is 3.80. The maximum Gasteiger partial charge on any atom is 0.0329 e. The maximum atomic E-state index is 11.3. The van der Waals surface area contributed by atoms with Crippen molar-refractivity contribution in [3.05, 3.63) is 0 Å². The fraction of sp³-hybridized carbons (Fsp3) is 1.00. The minimum atomic E-state index is -0.664. The number of nitrogens with one attached hydrogen (secondary N) is 1. The Morgan fingerprint density at radius 3 is 2.39 bits per heavy atom. The van der Waals surface area contributed by atoms with Gasteiger partial charge in [-0.25, -0.2) is 0 Å². The predicted octanol–water partition coefficient (Wildman–Crippen LogP) is 3.24. The topological polar surface area (TPSA) is 29.1 Å². The molecule has 0 heterocycles. The van der Waals surface area contributed by atoms with E-state index in [1.165, 1.54) is 51.4 Å². The molecule has 0 aromatic heterocycles. The summed E-state index contributed by atoms with van der Waals surface area (Å²) in [4.78, 5) is 0. The molecule has 2 saturated carbocycles. The lowest BCUT2D eigenvalue weighted by Gasteiger charge is -2.37. The molecule has 0 radical (unpaired) electrons. The van der Waals surface area contributed by atoms with E-state index in [0.717, 1.165) is 24.4 Å². The number of rotatable bonds is 5. The van der Waals surface area contributed by atoms with Crippen LogP contribution < -0.4 is 5.32 Å². The van der Waals surface area contributed by atoms with Crippen LogP contribution in [-0.4, -0.2) is 28.3 Å². The summed E-state index contributed by atoms with van der Waals surface area (Å²) in [6.45, 7) is 3.13. The summed E-state index contributed by atoms with van der Waals surface area (Å²) in [6, 6.07) is 0.730. The van der Waals surface area contributed by atoms with Crippen LogP contribution in [0, 0.1) is 5.41 Å². The van der Waals surface area contributed by atoms with Gasteiger partial charge in [-0.3, -0.25) is 4.21 Å². The third-order valence-corrected chi connectivity index (χ3v) is 6.63. The molecule has 18 heavy (non-hydrogen) atoms. The average Bonchev–Trinajstić information content (AvgIpc) is 2.80. The zero-order chi connectivity index (χ0) is 13.0. The van der Waals surface area contributed by atoms with Crippen molar-refractivity contribution in [1.82, 2.24) is 5.32 Å². The smallest absolute Gasteiger partial charge is 0.0329 e. The summed E-state index contributed by atoms with van der Waals surface area (Å²) in [5.74, 6) is 0. The molecule has 2 aliphatic carbocycles. The monoisotopic (exact) mass is 271 g/mol.